The van der Waals surface area contributed by atoms with Crippen molar-refractivity contribution in [2.45, 2.75) is 58.9 Å². The van der Waals surface area contributed by atoms with Crippen molar-refractivity contribution in [3.63, 3.8) is 0 Å². The van der Waals surface area contributed by atoms with Gasteiger partial charge in [0.05, 0.1) is 17.1 Å². The standard InChI is InChI=1S/C30H32ClN3O5/c1-16-14-21(18(3)32-23-8-9-24(31)33-25(23)30(37)38)28-22(15-16)26(35)17(2)27(39-28)19-10-12-34(13-11-19)29(36)20-6-4-5-7-20/h8-10,14-15,18,20,32H,4-7,11-13H2,1-3H3,(H,37,38)/t18-/m1/s1. The molecule has 0 spiro atoms. The first-order chi connectivity index (χ1) is 18.6. The molecule has 1 fully saturated rings. The van der Waals surface area contributed by atoms with Crippen molar-refractivity contribution in [1.82, 2.24) is 9.88 Å². The number of aryl methyl sites for hydroxylation is 1. The molecule has 1 aromatic carbocycles. The minimum Gasteiger partial charge on any atom is -0.476 e. The molecule has 0 saturated heterocycles. The molecule has 2 aromatic heterocycles. The number of hydrogen-bond acceptors (Lipinski definition) is 6. The normalized spacial score (nSPS) is 16.8. The smallest absolute Gasteiger partial charge is 0.356 e. The van der Waals surface area contributed by atoms with Crippen molar-refractivity contribution in [1.29, 1.82) is 0 Å². The number of nitrogens with one attached hydrogen (secondary N) is 1. The van der Waals surface area contributed by atoms with Gasteiger partial charge in [0.2, 0.25) is 5.91 Å². The summed E-state index contributed by atoms with van der Waals surface area (Å²) in [6.07, 6.45) is 6.79. The molecule has 8 nitrogen and oxygen atoms in total. The van der Waals surface area contributed by atoms with Gasteiger partial charge in [-0.05, 0) is 69.4 Å². The number of aromatic carboxylic acids is 1. The number of carbonyl (C=O) groups excluding carboxylic acids is 1. The SMILES string of the molecule is Cc1cc([C@@H](C)Nc2ccc(Cl)nc2C(=O)O)c2oc(C3=CCN(C(=O)C4CCCC4)CC3)c(C)c(=O)c2c1. The molecular weight excluding hydrogens is 518 g/mol. The molecule has 204 valence electrons. The number of aromatic nitrogens is 1. The van der Waals surface area contributed by atoms with Crippen LogP contribution in [-0.2, 0) is 4.79 Å². The Morgan fingerprint density at radius 2 is 1.95 bits per heavy atom. The summed E-state index contributed by atoms with van der Waals surface area (Å²) in [6, 6.07) is 6.44. The van der Waals surface area contributed by atoms with E-state index in [0.717, 1.165) is 42.4 Å². The first kappa shape index (κ1) is 26.9. The molecule has 2 N–H and O–H groups in total. The average Bonchev–Trinajstić information content (AvgIpc) is 3.46. The molecule has 5 rings (SSSR count). The van der Waals surface area contributed by atoms with Gasteiger partial charge < -0.3 is 19.7 Å². The molecule has 0 bridgehead atoms. The maximum atomic E-state index is 13.5. The molecule has 1 atom stereocenters. The molecule has 9 heteroatoms. The van der Waals surface area contributed by atoms with Crippen LogP contribution >= 0.6 is 11.6 Å². The zero-order valence-corrected chi connectivity index (χ0v) is 23.1. The second-order valence-corrected chi connectivity index (χ2v) is 10.9. The van der Waals surface area contributed by atoms with Gasteiger partial charge in [-0.25, -0.2) is 9.78 Å². The van der Waals surface area contributed by atoms with Gasteiger partial charge in [-0.2, -0.15) is 0 Å². The van der Waals surface area contributed by atoms with E-state index in [9.17, 15) is 19.5 Å². The van der Waals surface area contributed by atoms with Gasteiger partial charge in [0.15, 0.2) is 11.1 Å². The van der Waals surface area contributed by atoms with Crippen molar-refractivity contribution in [2.24, 2.45) is 5.92 Å². The second-order valence-electron chi connectivity index (χ2n) is 10.6. The van der Waals surface area contributed by atoms with Crippen LogP contribution < -0.4 is 10.7 Å². The number of hydrogen-bond donors (Lipinski definition) is 2. The number of benzene rings is 1. The zero-order valence-electron chi connectivity index (χ0n) is 22.3. The first-order valence-electron chi connectivity index (χ1n) is 13.4. The highest BCUT2D eigenvalue weighted by atomic mass is 35.5. The molecule has 3 aromatic rings. The maximum absolute atomic E-state index is 13.5. The van der Waals surface area contributed by atoms with E-state index in [-0.39, 0.29) is 28.1 Å². The predicted molar refractivity (Wildman–Crippen MR) is 151 cm³/mol. The lowest BCUT2D eigenvalue weighted by Gasteiger charge is -2.29. The first-order valence-corrected chi connectivity index (χ1v) is 13.7. The molecule has 39 heavy (non-hydrogen) atoms. The third-order valence-corrected chi connectivity index (χ3v) is 8.02. The third-order valence-electron chi connectivity index (χ3n) is 7.81. The zero-order chi connectivity index (χ0) is 27.8. The number of nitrogens with zero attached hydrogens (tertiary/aromatic N) is 2. The van der Waals surface area contributed by atoms with Crippen LogP contribution in [0.15, 0.2) is 39.6 Å². The summed E-state index contributed by atoms with van der Waals surface area (Å²) >= 11 is 5.92. The Kier molecular flexibility index (Phi) is 7.49. The number of halogens is 1. The van der Waals surface area contributed by atoms with E-state index >= 15 is 0 Å². The van der Waals surface area contributed by atoms with Crippen molar-refractivity contribution in [3.05, 3.63) is 73.9 Å². The fourth-order valence-electron chi connectivity index (χ4n) is 5.73. The monoisotopic (exact) mass is 549 g/mol. The van der Waals surface area contributed by atoms with Crippen LogP contribution in [-0.4, -0.2) is 40.0 Å². The van der Waals surface area contributed by atoms with E-state index in [4.69, 9.17) is 16.0 Å². The highest BCUT2D eigenvalue weighted by Gasteiger charge is 2.29. The van der Waals surface area contributed by atoms with Crippen LogP contribution in [0.3, 0.4) is 0 Å². The molecule has 1 amide bonds. The highest BCUT2D eigenvalue weighted by Crippen LogP contribution is 2.34. The summed E-state index contributed by atoms with van der Waals surface area (Å²) in [7, 11) is 0. The molecule has 2 aliphatic rings. The number of carboxylic acid groups (broad SMARTS) is 1. The number of carbonyl (C=O) groups is 2. The lowest BCUT2D eigenvalue weighted by atomic mass is 9.96. The minimum absolute atomic E-state index is 0.0852. The maximum Gasteiger partial charge on any atom is 0.356 e. The number of carboxylic acids is 1. The van der Waals surface area contributed by atoms with Gasteiger partial charge in [-0.15, -0.1) is 0 Å². The molecular formula is C30H32ClN3O5. The average molecular weight is 550 g/mol. The topological polar surface area (TPSA) is 113 Å². The predicted octanol–water partition coefficient (Wildman–Crippen LogP) is 6.14. The fraction of sp³-hybridized carbons (Fsp3) is 0.400. The Morgan fingerprint density at radius 1 is 1.21 bits per heavy atom. The van der Waals surface area contributed by atoms with Gasteiger partial charge in [0, 0.05) is 30.1 Å². The van der Waals surface area contributed by atoms with Crippen LogP contribution in [0.25, 0.3) is 16.5 Å². The molecule has 0 radical (unpaired) electrons. The molecule has 0 unspecified atom stereocenters. The van der Waals surface area contributed by atoms with Crippen molar-refractivity contribution < 1.29 is 19.1 Å². The van der Waals surface area contributed by atoms with E-state index in [2.05, 4.69) is 10.3 Å². The summed E-state index contributed by atoms with van der Waals surface area (Å²) in [6.45, 7) is 6.67. The number of pyridine rings is 1. The third kappa shape index (κ3) is 5.30. The highest BCUT2D eigenvalue weighted by molar-refractivity contribution is 6.29. The lowest BCUT2D eigenvalue weighted by molar-refractivity contribution is -0.134. The van der Waals surface area contributed by atoms with Gasteiger partial charge in [0.25, 0.3) is 0 Å². The fourth-order valence-corrected chi connectivity index (χ4v) is 5.88. The lowest BCUT2D eigenvalue weighted by Crippen LogP contribution is -2.38. The van der Waals surface area contributed by atoms with Gasteiger partial charge in [-0.3, -0.25) is 9.59 Å². The van der Waals surface area contributed by atoms with Gasteiger partial charge in [0.1, 0.15) is 16.5 Å². The van der Waals surface area contributed by atoms with E-state index in [1.54, 1.807) is 13.0 Å². The van der Waals surface area contributed by atoms with E-state index in [1.165, 1.54) is 6.07 Å². The van der Waals surface area contributed by atoms with Crippen LogP contribution in [0.2, 0.25) is 5.15 Å². The number of rotatable bonds is 6. The number of amides is 1. The van der Waals surface area contributed by atoms with E-state index in [0.29, 0.717) is 47.5 Å². The van der Waals surface area contributed by atoms with Crippen molar-refractivity contribution >= 4 is 45.7 Å². The Bertz CT molecular complexity index is 1550. The van der Waals surface area contributed by atoms with E-state index in [1.807, 2.05) is 37.0 Å². The Balaban J connectivity index is 1.51. The van der Waals surface area contributed by atoms with Gasteiger partial charge >= 0.3 is 5.97 Å². The summed E-state index contributed by atoms with van der Waals surface area (Å²) in [5.41, 5.74) is 3.55. The molecule has 1 saturated carbocycles. The molecule has 1 aliphatic heterocycles. The van der Waals surface area contributed by atoms with Crippen molar-refractivity contribution in [3.8, 4) is 0 Å². The Morgan fingerprint density at radius 3 is 2.62 bits per heavy atom. The van der Waals surface area contributed by atoms with Crippen LogP contribution in [0, 0.1) is 19.8 Å². The Hall–Kier alpha value is -3.65. The number of anilines is 1. The molecule has 1 aliphatic carbocycles. The number of fused-ring (bicyclic) bond motifs is 1. The Labute approximate surface area is 231 Å². The largest absolute Gasteiger partial charge is 0.476 e. The quantitative estimate of drug-likeness (QED) is 0.355. The summed E-state index contributed by atoms with van der Waals surface area (Å²) in [5.74, 6) is -0.292. The second kappa shape index (κ2) is 10.8. The molecule has 3 heterocycles. The van der Waals surface area contributed by atoms with Crippen LogP contribution in [0.5, 0.6) is 0 Å². The summed E-state index contributed by atoms with van der Waals surface area (Å²) in [4.78, 5) is 44.0. The van der Waals surface area contributed by atoms with Crippen molar-refractivity contribution in [2.75, 3.05) is 18.4 Å². The van der Waals surface area contributed by atoms with Crippen LogP contribution in [0.1, 0.15) is 78.0 Å². The van der Waals surface area contributed by atoms with E-state index < -0.39 is 12.0 Å². The summed E-state index contributed by atoms with van der Waals surface area (Å²) in [5, 5.41) is 13.4. The van der Waals surface area contributed by atoms with Crippen LogP contribution in [0.4, 0.5) is 5.69 Å². The minimum atomic E-state index is -1.20. The summed E-state index contributed by atoms with van der Waals surface area (Å²) < 4.78 is 6.49. The van der Waals surface area contributed by atoms with Gasteiger partial charge in [-0.1, -0.05) is 36.6 Å².